The van der Waals surface area contributed by atoms with Crippen LogP contribution < -0.4 is 16.6 Å². The summed E-state index contributed by atoms with van der Waals surface area (Å²) >= 11 is 0. The van der Waals surface area contributed by atoms with Crippen LogP contribution in [-0.2, 0) is 6.54 Å². The highest BCUT2D eigenvalue weighted by atomic mass is 16.3. The highest BCUT2D eigenvalue weighted by Gasteiger charge is 2.14. The van der Waals surface area contributed by atoms with E-state index in [1.807, 2.05) is 36.6 Å². The van der Waals surface area contributed by atoms with Crippen molar-refractivity contribution in [2.24, 2.45) is 5.84 Å². The van der Waals surface area contributed by atoms with Crippen molar-refractivity contribution in [1.82, 2.24) is 25.7 Å². The molecule has 1 aromatic heterocycles. The fourth-order valence-electron chi connectivity index (χ4n) is 2.31. The molecule has 118 valence electrons. The zero-order valence-corrected chi connectivity index (χ0v) is 12.4. The van der Waals surface area contributed by atoms with Gasteiger partial charge in [-0.2, -0.15) is 0 Å². The molecule has 2 aromatic carbocycles. The van der Waals surface area contributed by atoms with Crippen molar-refractivity contribution in [1.29, 1.82) is 0 Å². The van der Waals surface area contributed by atoms with Crippen molar-refractivity contribution in [3.63, 3.8) is 0 Å². The summed E-state index contributed by atoms with van der Waals surface area (Å²) in [5, 5.41) is 21.7. The van der Waals surface area contributed by atoms with E-state index in [2.05, 4.69) is 15.5 Å². The third-order valence-electron chi connectivity index (χ3n) is 3.39. The first-order valence-corrected chi connectivity index (χ1v) is 6.98. The topological polar surface area (TPSA) is 118 Å². The van der Waals surface area contributed by atoms with Gasteiger partial charge in [-0.25, -0.2) is 10.6 Å². The fraction of sp³-hybridized carbons (Fsp3) is 0.133. The number of benzene rings is 2. The lowest BCUT2D eigenvalue weighted by molar-refractivity contribution is 0.240. The van der Waals surface area contributed by atoms with E-state index >= 15 is 0 Å². The maximum Gasteiger partial charge on any atom is 0.329 e. The minimum Gasteiger partial charge on any atom is -0.505 e. The molecule has 0 bridgehead atoms. The molecular formula is C15H16N6O2. The van der Waals surface area contributed by atoms with Crippen LogP contribution in [0.1, 0.15) is 11.1 Å². The lowest BCUT2D eigenvalue weighted by atomic mass is 10.1. The molecule has 0 aliphatic heterocycles. The molecule has 0 fully saturated rings. The molecule has 2 amide bonds. The monoisotopic (exact) mass is 312 g/mol. The Morgan fingerprint density at radius 2 is 1.91 bits per heavy atom. The number of carbonyl (C=O) groups is 1. The van der Waals surface area contributed by atoms with Crippen LogP contribution in [0.5, 0.6) is 5.75 Å². The SMILES string of the molecule is Cc1cc(CNC(=O)NN)c(O)c(-n2nc3ccccc3n2)c1. The number of nitrogens with one attached hydrogen (secondary N) is 2. The molecule has 0 aliphatic rings. The third-order valence-corrected chi connectivity index (χ3v) is 3.39. The van der Waals surface area contributed by atoms with Crippen LogP contribution in [0.2, 0.25) is 0 Å². The van der Waals surface area contributed by atoms with E-state index in [0.717, 1.165) is 16.6 Å². The summed E-state index contributed by atoms with van der Waals surface area (Å²) in [7, 11) is 0. The molecular weight excluding hydrogens is 296 g/mol. The van der Waals surface area contributed by atoms with Gasteiger partial charge in [0.1, 0.15) is 22.5 Å². The van der Waals surface area contributed by atoms with Crippen molar-refractivity contribution in [3.8, 4) is 11.4 Å². The number of aromatic hydroxyl groups is 1. The Bertz CT molecular complexity index is 841. The third kappa shape index (κ3) is 2.92. The maximum atomic E-state index is 11.2. The van der Waals surface area contributed by atoms with Crippen molar-refractivity contribution < 1.29 is 9.90 Å². The number of rotatable bonds is 3. The van der Waals surface area contributed by atoms with Gasteiger partial charge in [0.15, 0.2) is 0 Å². The summed E-state index contributed by atoms with van der Waals surface area (Å²) in [5.41, 5.74) is 5.34. The number of aromatic nitrogens is 3. The molecule has 3 rings (SSSR count). The molecule has 0 radical (unpaired) electrons. The minimum atomic E-state index is -0.532. The normalized spacial score (nSPS) is 10.7. The van der Waals surface area contributed by atoms with E-state index in [1.165, 1.54) is 4.80 Å². The molecule has 8 heteroatoms. The molecule has 8 nitrogen and oxygen atoms in total. The van der Waals surface area contributed by atoms with Crippen molar-refractivity contribution in [2.75, 3.05) is 0 Å². The summed E-state index contributed by atoms with van der Waals surface area (Å²) < 4.78 is 0. The highest BCUT2D eigenvalue weighted by molar-refractivity contribution is 5.74. The maximum absolute atomic E-state index is 11.2. The van der Waals surface area contributed by atoms with E-state index in [0.29, 0.717) is 11.3 Å². The van der Waals surface area contributed by atoms with Gasteiger partial charge in [-0.1, -0.05) is 18.2 Å². The molecule has 3 aromatic rings. The van der Waals surface area contributed by atoms with E-state index in [4.69, 9.17) is 5.84 Å². The first kappa shape index (κ1) is 14.8. The predicted molar refractivity (Wildman–Crippen MR) is 84.8 cm³/mol. The van der Waals surface area contributed by atoms with Crippen LogP contribution in [0.25, 0.3) is 16.7 Å². The number of urea groups is 1. The Morgan fingerprint density at radius 1 is 1.26 bits per heavy atom. The van der Waals surface area contributed by atoms with Gasteiger partial charge >= 0.3 is 6.03 Å². The number of hydrogen-bond donors (Lipinski definition) is 4. The number of fused-ring (bicyclic) bond motifs is 1. The number of aryl methyl sites for hydroxylation is 1. The number of carbonyl (C=O) groups excluding carboxylic acids is 1. The molecule has 1 heterocycles. The summed E-state index contributed by atoms with van der Waals surface area (Å²) in [6, 6.07) is 10.5. The Labute approximate surface area is 131 Å². The van der Waals surface area contributed by atoms with Crippen LogP contribution in [0.3, 0.4) is 0 Å². The zero-order chi connectivity index (χ0) is 16.4. The molecule has 0 atom stereocenters. The summed E-state index contributed by atoms with van der Waals surface area (Å²) in [6.45, 7) is 2.02. The number of nitrogens with zero attached hydrogens (tertiary/aromatic N) is 3. The molecule has 0 spiro atoms. The van der Waals surface area contributed by atoms with E-state index < -0.39 is 6.03 Å². The minimum absolute atomic E-state index is 0.00762. The van der Waals surface area contributed by atoms with Crippen molar-refractivity contribution in [2.45, 2.75) is 13.5 Å². The second-order valence-electron chi connectivity index (χ2n) is 5.10. The Kier molecular flexibility index (Phi) is 3.82. The molecule has 23 heavy (non-hydrogen) atoms. The molecule has 0 unspecified atom stereocenters. The van der Waals surface area contributed by atoms with E-state index in [1.54, 1.807) is 12.1 Å². The number of nitrogens with two attached hydrogens (primary N) is 1. The van der Waals surface area contributed by atoms with E-state index in [9.17, 15) is 9.90 Å². The van der Waals surface area contributed by atoms with Gasteiger partial charge in [-0.3, -0.25) is 5.43 Å². The van der Waals surface area contributed by atoms with E-state index in [-0.39, 0.29) is 12.3 Å². The van der Waals surface area contributed by atoms with Gasteiger partial charge in [-0.05, 0) is 30.7 Å². The second-order valence-corrected chi connectivity index (χ2v) is 5.10. The van der Waals surface area contributed by atoms with Crippen LogP contribution in [0.4, 0.5) is 4.79 Å². The quantitative estimate of drug-likeness (QED) is 0.328. The Morgan fingerprint density at radius 3 is 2.52 bits per heavy atom. The fourth-order valence-corrected chi connectivity index (χ4v) is 2.31. The van der Waals surface area contributed by atoms with Crippen LogP contribution in [-0.4, -0.2) is 26.1 Å². The van der Waals surface area contributed by atoms with Gasteiger partial charge in [0.05, 0.1) is 0 Å². The largest absolute Gasteiger partial charge is 0.505 e. The van der Waals surface area contributed by atoms with Gasteiger partial charge in [0.2, 0.25) is 0 Å². The number of hydrazine groups is 1. The second kappa shape index (κ2) is 5.93. The average Bonchev–Trinajstić information content (AvgIpc) is 2.98. The summed E-state index contributed by atoms with van der Waals surface area (Å²) in [6.07, 6.45) is 0. The van der Waals surface area contributed by atoms with Crippen LogP contribution in [0, 0.1) is 6.92 Å². The smallest absolute Gasteiger partial charge is 0.329 e. The Hall–Kier alpha value is -3.13. The lowest BCUT2D eigenvalue weighted by Crippen LogP contribution is -2.39. The number of amides is 2. The number of hydrogen-bond acceptors (Lipinski definition) is 5. The first-order chi connectivity index (χ1) is 11.1. The summed E-state index contributed by atoms with van der Waals surface area (Å²) in [4.78, 5) is 12.6. The van der Waals surface area contributed by atoms with Gasteiger partial charge in [0.25, 0.3) is 0 Å². The number of phenolic OH excluding ortho intramolecular Hbond substituents is 1. The van der Waals surface area contributed by atoms with Crippen LogP contribution >= 0.6 is 0 Å². The Balaban J connectivity index is 2.01. The molecule has 0 aliphatic carbocycles. The van der Waals surface area contributed by atoms with Crippen molar-refractivity contribution >= 4 is 17.1 Å². The lowest BCUT2D eigenvalue weighted by Gasteiger charge is -2.11. The molecule has 0 saturated heterocycles. The average molecular weight is 312 g/mol. The predicted octanol–water partition coefficient (Wildman–Crippen LogP) is 1.11. The van der Waals surface area contributed by atoms with Gasteiger partial charge < -0.3 is 10.4 Å². The van der Waals surface area contributed by atoms with Gasteiger partial charge in [0, 0.05) is 12.1 Å². The summed E-state index contributed by atoms with van der Waals surface area (Å²) in [5.74, 6) is 5.03. The van der Waals surface area contributed by atoms with Gasteiger partial charge in [-0.15, -0.1) is 15.0 Å². The standard InChI is InChI=1S/C15H16N6O2/c1-9-6-10(8-17-15(23)18-16)14(22)13(7-9)21-19-11-4-2-3-5-12(11)20-21/h2-7,22H,8,16H2,1H3,(H2,17,18,23). The van der Waals surface area contributed by atoms with Crippen LogP contribution in [0.15, 0.2) is 36.4 Å². The zero-order valence-electron chi connectivity index (χ0n) is 12.4. The first-order valence-electron chi connectivity index (χ1n) is 6.98. The molecule has 0 saturated carbocycles. The van der Waals surface area contributed by atoms with Crippen molar-refractivity contribution in [3.05, 3.63) is 47.5 Å². The number of phenols is 1. The highest BCUT2D eigenvalue weighted by Crippen LogP contribution is 2.27. The molecule has 5 N–H and O–H groups in total.